The van der Waals surface area contributed by atoms with Crippen molar-refractivity contribution in [3.8, 4) is 0 Å². The van der Waals surface area contributed by atoms with Gasteiger partial charge in [0, 0.05) is 18.4 Å². The highest BCUT2D eigenvalue weighted by molar-refractivity contribution is 6.31. The van der Waals surface area contributed by atoms with E-state index in [4.69, 9.17) is 11.6 Å². The van der Waals surface area contributed by atoms with E-state index in [0.717, 1.165) is 30.0 Å². The maximum atomic E-state index is 6.21. The fourth-order valence-corrected chi connectivity index (χ4v) is 2.64. The van der Waals surface area contributed by atoms with Crippen LogP contribution >= 0.6 is 11.6 Å². The normalized spacial score (nSPS) is 12.3. The van der Waals surface area contributed by atoms with Crippen LogP contribution in [-0.2, 0) is 12.8 Å². The van der Waals surface area contributed by atoms with E-state index in [1.807, 2.05) is 6.07 Å². The van der Waals surface area contributed by atoms with Gasteiger partial charge in [-0.3, -0.25) is 4.98 Å². The standard InChI is InChI=1S/C17H21ClN2/c1-3-20-16(10-14-7-5-4-6-13(14)2)11-15-8-9-19-12-17(15)18/h4-9,12,16,20H,3,10-11H2,1-2H3. The highest BCUT2D eigenvalue weighted by Gasteiger charge is 2.12. The van der Waals surface area contributed by atoms with Crippen molar-refractivity contribution < 1.29 is 0 Å². The molecule has 20 heavy (non-hydrogen) atoms. The van der Waals surface area contributed by atoms with E-state index in [-0.39, 0.29) is 0 Å². The number of aryl methyl sites for hydroxylation is 1. The van der Waals surface area contributed by atoms with Crippen LogP contribution in [0.15, 0.2) is 42.7 Å². The monoisotopic (exact) mass is 288 g/mol. The number of nitrogens with zero attached hydrogens (tertiary/aromatic N) is 1. The van der Waals surface area contributed by atoms with E-state index in [2.05, 4.69) is 48.4 Å². The first kappa shape index (κ1) is 15.0. The van der Waals surface area contributed by atoms with Gasteiger partial charge in [0.05, 0.1) is 5.02 Å². The topological polar surface area (TPSA) is 24.9 Å². The molecule has 2 rings (SSSR count). The number of halogens is 1. The molecule has 106 valence electrons. The van der Waals surface area contributed by atoms with Crippen molar-refractivity contribution in [2.75, 3.05) is 6.54 Å². The van der Waals surface area contributed by atoms with Crippen LogP contribution < -0.4 is 5.32 Å². The number of hydrogen-bond acceptors (Lipinski definition) is 2. The molecular formula is C17H21ClN2. The molecular weight excluding hydrogens is 268 g/mol. The molecule has 1 aromatic carbocycles. The summed E-state index contributed by atoms with van der Waals surface area (Å²) >= 11 is 6.21. The molecule has 2 nitrogen and oxygen atoms in total. The first-order valence-corrected chi connectivity index (χ1v) is 7.44. The Morgan fingerprint density at radius 1 is 1.15 bits per heavy atom. The molecule has 1 unspecified atom stereocenters. The highest BCUT2D eigenvalue weighted by Crippen LogP contribution is 2.18. The van der Waals surface area contributed by atoms with Crippen molar-refractivity contribution in [2.24, 2.45) is 0 Å². The maximum absolute atomic E-state index is 6.21. The number of likely N-dealkylation sites (N-methyl/N-ethyl adjacent to an activating group) is 1. The molecule has 0 saturated carbocycles. The van der Waals surface area contributed by atoms with Crippen LogP contribution in [0.4, 0.5) is 0 Å². The van der Waals surface area contributed by atoms with Crippen LogP contribution in [0, 0.1) is 6.92 Å². The number of rotatable bonds is 6. The third-order valence-corrected chi connectivity index (χ3v) is 3.88. The summed E-state index contributed by atoms with van der Waals surface area (Å²) in [5, 5.41) is 4.31. The van der Waals surface area contributed by atoms with E-state index in [1.165, 1.54) is 11.1 Å². The molecule has 1 aromatic heterocycles. The van der Waals surface area contributed by atoms with E-state index >= 15 is 0 Å². The van der Waals surface area contributed by atoms with Crippen molar-refractivity contribution in [1.82, 2.24) is 10.3 Å². The van der Waals surface area contributed by atoms with Gasteiger partial charge < -0.3 is 5.32 Å². The number of hydrogen-bond donors (Lipinski definition) is 1. The van der Waals surface area contributed by atoms with Gasteiger partial charge in [0.25, 0.3) is 0 Å². The third kappa shape index (κ3) is 4.06. The molecule has 0 spiro atoms. The van der Waals surface area contributed by atoms with Gasteiger partial charge in [-0.1, -0.05) is 42.8 Å². The van der Waals surface area contributed by atoms with Crippen LogP contribution in [0.2, 0.25) is 5.02 Å². The smallest absolute Gasteiger partial charge is 0.0621 e. The summed E-state index contributed by atoms with van der Waals surface area (Å²) < 4.78 is 0. The number of nitrogens with one attached hydrogen (secondary N) is 1. The van der Waals surface area contributed by atoms with Crippen LogP contribution in [-0.4, -0.2) is 17.6 Å². The third-order valence-electron chi connectivity index (χ3n) is 3.54. The minimum Gasteiger partial charge on any atom is -0.314 e. The lowest BCUT2D eigenvalue weighted by Crippen LogP contribution is -2.33. The van der Waals surface area contributed by atoms with Crippen molar-refractivity contribution in [3.05, 3.63) is 64.4 Å². The lowest BCUT2D eigenvalue weighted by Gasteiger charge is -2.19. The van der Waals surface area contributed by atoms with Gasteiger partial charge in [0.1, 0.15) is 0 Å². The Bertz CT molecular complexity index is 507. The van der Waals surface area contributed by atoms with Crippen molar-refractivity contribution in [3.63, 3.8) is 0 Å². The van der Waals surface area contributed by atoms with Gasteiger partial charge in [0.2, 0.25) is 0 Å². The van der Waals surface area contributed by atoms with Crippen molar-refractivity contribution in [2.45, 2.75) is 32.7 Å². The van der Waals surface area contributed by atoms with Crippen LogP contribution in [0.1, 0.15) is 23.6 Å². The molecule has 0 amide bonds. The van der Waals surface area contributed by atoms with Gasteiger partial charge in [-0.25, -0.2) is 0 Å². The Morgan fingerprint density at radius 3 is 2.60 bits per heavy atom. The molecule has 1 heterocycles. The fourth-order valence-electron chi connectivity index (χ4n) is 2.44. The second-order valence-corrected chi connectivity index (χ2v) is 5.46. The largest absolute Gasteiger partial charge is 0.314 e. The average Bonchev–Trinajstić information content (AvgIpc) is 2.44. The molecule has 0 fully saturated rings. The molecule has 2 aromatic rings. The van der Waals surface area contributed by atoms with E-state index in [9.17, 15) is 0 Å². The predicted octanol–water partition coefficient (Wildman–Crippen LogP) is 3.81. The summed E-state index contributed by atoms with van der Waals surface area (Å²) in [6.07, 6.45) is 5.45. The lowest BCUT2D eigenvalue weighted by molar-refractivity contribution is 0.520. The highest BCUT2D eigenvalue weighted by atomic mass is 35.5. The molecule has 0 bridgehead atoms. The summed E-state index contributed by atoms with van der Waals surface area (Å²) in [6.45, 7) is 5.26. The van der Waals surface area contributed by atoms with E-state index < -0.39 is 0 Å². The zero-order valence-corrected chi connectivity index (χ0v) is 12.8. The fraction of sp³-hybridized carbons (Fsp3) is 0.353. The van der Waals surface area contributed by atoms with E-state index in [1.54, 1.807) is 12.4 Å². The lowest BCUT2D eigenvalue weighted by atomic mass is 9.96. The summed E-state index contributed by atoms with van der Waals surface area (Å²) in [5.74, 6) is 0. The summed E-state index contributed by atoms with van der Waals surface area (Å²) in [5.41, 5.74) is 3.89. The Hall–Kier alpha value is -1.38. The maximum Gasteiger partial charge on any atom is 0.0621 e. The summed E-state index contributed by atoms with van der Waals surface area (Å²) in [4.78, 5) is 4.04. The Balaban J connectivity index is 2.12. The Kier molecular flexibility index (Phi) is 5.57. The first-order chi connectivity index (χ1) is 9.70. The molecule has 1 atom stereocenters. The summed E-state index contributed by atoms with van der Waals surface area (Å²) in [7, 11) is 0. The molecule has 0 aliphatic heterocycles. The zero-order valence-electron chi connectivity index (χ0n) is 12.1. The summed E-state index contributed by atoms with van der Waals surface area (Å²) in [6, 6.07) is 10.9. The van der Waals surface area contributed by atoms with Crippen molar-refractivity contribution in [1.29, 1.82) is 0 Å². The molecule has 3 heteroatoms. The SMILES string of the molecule is CCNC(Cc1ccccc1C)Cc1ccncc1Cl. The quantitative estimate of drug-likeness (QED) is 0.874. The molecule has 0 aliphatic carbocycles. The number of aromatic nitrogens is 1. The number of benzene rings is 1. The average molecular weight is 289 g/mol. The Labute approximate surface area is 126 Å². The molecule has 0 radical (unpaired) electrons. The minimum atomic E-state index is 0.390. The minimum absolute atomic E-state index is 0.390. The first-order valence-electron chi connectivity index (χ1n) is 7.07. The van der Waals surface area contributed by atoms with Gasteiger partial charge in [0.15, 0.2) is 0 Å². The molecule has 1 N–H and O–H groups in total. The molecule has 0 aliphatic rings. The second-order valence-electron chi connectivity index (χ2n) is 5.06. The zero-order chi connectivity index (χ0) is 14.4. The van der Waals surface area contributed by atoms with Gasteiger partial charge in [-0.15, -0.1) is 0 Å². The Morgan fingerprint density at radius 2 is 1.90 bits per heavy atom. The van der Waals surface area contributed by atoms with Crippen LogP contribution in [0.3, 0.4) is 0 Å². The second kappa shape index (κ2) is 7.41. The van der Waals surface area contributed by atoms with Crippen LogP contribution in [0.25, 0.3) is 0 Å². The predicted molar refractivity (Wildman–Crippen MR) is 85.3 cm³/mol. The van der Waals surface area contributed by atoms with Gasteiger partial charge in [-0.05, 0) is 49.1 Å². The number of pyridine rings is 1. The van der Waals surface area contributed by atoms with Gasteiger partial charge in [-0.2, -0.15) is 0 Å². The van der Waals surface area contributed by atoms with Crippen molar-refractivity contribution >= 4 is 11.6 Å². The van der Waals surface area contributed by atoms with Gasteiger partial charge >= 0.3 is 0 Å². The van der Waals surface area contributed by atoms with Crippen LogP contribution in [0.5, 0.6) is 0 Å². The van der Waals surface area contributed by atoms with E-state index in [0.29, 0.717) is 6.04 Å². The molecule has 0 saturated heterocycles.